The molecule has 1 aliphatic rings. The maximum absolute atomic E-state index is 11.8. The smallest absolute Gasteiger partial charge is 0.337 e. The first-order valence-electron chi connectivity index (χ1n) is 5.49. The van der Waals surface area contributed by atoms with Crippen molar-refractivity contribution in [1.29, 1.82) is 0 Å². The van der Waals surface area contributed by atoms with Crippen LogP contribution in [0.5, 0.6) is 0 Å². The lowest BCUT2D eigenvalue weighted by Crippen LogP contribution is -2.26. The zero-order chi connectivity index (χ0) is 14.2. The topological polar surface area (TPSA) is 66.8 Å². The van der Waals surface area contributed by atoms with E-state index in [2.05, 4.69) is 20.7 Å². The molecule has 0 saturated carbocycles. The number of esters is 1. The maximum atomic E-state index is 11.8. The highest BCUT2D eigenvalue weighted by molar-refractivity contribution is 9.10. The van der Waals surface area contributed by atoms with Gasteiger partial charge in [-0.2, -0.15) is 0 Å². The molecule has 0 aromatic heterocycles. The van der Waals surface area contributed by atoms with Gasteiger partial charge in [0.1, 0.15) is 0 Å². The number of aliphatic hydroxyl groups is 1. The van der Waals surface area contributed by atoms with Gasteiger partial charge >= 0.3 is 5.97 Å². The third-order valence-electron chi connectivity index (χ3n) is 2.81. The number of nitrogens with zero attached hydrogens (tertiary/aromatic N) is 1. The van der Waals surface area contributed by atoms with Gasteiger partial charge in [-0.25, -0.2) is 4.79 Å². The van der Waals surface area contributed by atoms with Crippen LogP contribution in [0, 0.1) is 0 Å². The number of aliphatic hydroxyl groups excluding tert-OH is 1. The van der Waals surface area contributed by atoms with Crippen molar-refractivity contribution in [1.82, 2.24) is 0 Å². The standard InChI is InChI=1S/C12H11BrClNO4/c1-19-12(18)6-2-8(13)11(9(14)3-6)15-5-7(16)4-10(15)17/h2-3,7,16H,4-5H2,1H3. The van der Waals surface area contributed by atoms with Crippen LogP contribution in [0.25, 0.3) is 0 Å². The van der Waals surface area contributed by atoms with Crippen molar-refractivity contribution in [2.45, 2.75) is 12.5 Å². The van der Waals surface area contributed by atoms with Crippen LogP contribution in [0.1, 0.15) is 16.8 Å². The second-order valence-corrected chi connectivity index (χ2v) is 5.40. The number of ether oxygens (including phenoxy) is 1. The molecule has 7 heteroatoms. The summed E-state index contributed by atoms with van der Waals surface area (Å²) in [6.07, 6.45) is -0.627. The van der Waals surface area contributed by atoms with E-state index in [0.717, 1.165) is 0 Å². The summed E-state index contributed by atoms with van der Waals surface area (Å²) >= 11 is 9.40. The van der Waals surface area contributed by atoms with E-state index in [0.29, 0.717) is 10.2 Å². The Balaban J connectivity index is 2.43. The van der Waals surface area contributed by atoms with E-state index in [1.165, 1.54) is 24.1 Å². The van der Waals surface area contributed by atoms with E-state index in [1.54, 1.807) is 0 Å². The molecule has 1 N–H and O–H groups in total. The van der Waals surface area contributed by atoms with E-state index in [9.17, 15) is 14.7 Å². The van der Waals surface area contributed by atoms with E-state index < -0.39 is 12.1 Å². The molecule has 19 heavy (non-hydrogen) atoms. The molecule has 0 bridgehead atoms. The van der Waals surface area contributed by atoms with Crippen molar-refractivity contribution in [2.75, 3.05) is 18.6 Å². The third-order valence-corrected chi connectivity index (χ3v) is 3.71. The van der Waals surface area contributed by atoms with Crippen LogP contribution in [0.15, 0.2) is 16.6 Å². The number of hydrogen-bond acceptors (Lipinski definition) is 4. The zero-order valence-electron chi connectivity index (χ0n) is 10.0. The number of hydrogen-bond donors (Lipinski definition) is 1. The van der Waals surface area contributed by atoms with Crippen molar-refractivity contribution >= 4 is 45.1 Å². The van der Waals surface area contributed by atoms with Crippen LogP contribution in [-0.4, -0.2) is 36.7 Å². The number of amides is 1. The average molecular weight is 349 g/mol. The highest BCUT2D eigenvalue weighted by Crippen LogP contribution is 2.37. The summed E-state index contributed by atoms with van der Waals surface area (Å²) < 4.78 is 5.11. The Morgan fingerprint density at radius 1 is 1.58 bits per heavy atom. The molecule has 0 radical (unpaired) electrons. The first-order valence-corrected chi connectivity index (χ1v) is 6.67. The van der Waals surface area contributed by atoms with Crippen molar-refractivity contribution in [3.63, 3.8) is 0 Å². The molecule has 1 unspecified atom stereocenters. The molecular formula is C12H11BrClNO4. The normalized spacial score (nSPS) is 18.8. The predicted molar refractivity (Wildman–Crippen MR) is 73.5 cm³/mol. The van der Waals surface area contributed by atoms with Crippen LogP contribution in [0.3, 0.4) is 0 Å². The second kappa shape index (κ2) is 5.48. The minimum Gasteiger partial charge on any atom is -0.465 e. The van der Waals surface area contributed by atoms with Gasteiger partial charge in [0.05, 0.1) is 42.5 Å². The quantitative estimate of drug-likeness (QED) is 0.830. The highest BCUT2D eigenvalue weighted by atomic mass is 79.9. The molecule has 102 valence electrons. The molecule has 0 aliphatic carbocycles. The summed E-state index contributed by atoms with van der Waals surface area (Å²) in [5.41, 5.74) is 0.742. The number of benzene rings is 1. The number of rotatable bonds is 2. The molecule has 1 amide bonds. The lowest BCUT2D eigenvalue weighted by atomic mass is 10.2. The molecule has 1 atom stereocenters. The number of halogens is 2. The Morgan fingerprint density at radius 2 is 2.26 bits per heavy atom. The molecule has 0 spiro atoms. The molecule has 1 aromatic carbocycles. The molecule has 1 heterocycles. The van der Waals surface area contributed by atoms with Crippen LogP contribution in [0.2, 0.25) is 5.02 Å². The fourth-order valence-corrected chi connectivity index (χ4v) is 3.07. The highest BCUT2D eigenvalue weighted by Gasteiger charge is 2.32. The second-order valence-electron chi connectivity index (χ2n) is 4.14. The zero-order valence-corrected chi connectivity index (χ0v) is 12.4. The number of carbonyl (C=O) groups excluding carboxylic acids is 2. The van der Waals surface area contributed by atoms with E-state index >= 15 is 0 Å². The minimum absolute atomic E-state index is 0.0710. The van der Waals surface area contributed by atoms with Crippen LogP contribution in [-0.2, 0) is 9.53 Å². The molecule has 1 fully saturated rings. The minimum atomic E-state index is -0.698. The van der Waals surface area contributed by atoms with Gasteiger partial charge in [0.15, 0.2) is 0 Å². The number of methoxy groups -OCH3 is 1. The Labute approximate surface area is 123 Å². The Bertz CT molecular complexity index is 526. The summed E-state index contributed by atoms with van der Waals surface area (Å²) in [6, 6.07) is 2.97. The van der Waals surface area contributed by atoms with Crippen LogP contribution >= 0.6 is 27.5 Å². The summed E-state index contributed by atoms with van der Waals surface area (Å²) in [7, 11) is 1.28. The summed E-state index contributed by atoms with van der Waals surface area (Å²) in [6.45, 7) is 0.189. The molecule has 1 aromatic rings. The van der Waals surface area contributed by atoms with E-state index in [1.807, 2.05) is 0 Å². The van der Waals surface area contributed by atoms with Crippen molar-refractivity contribution in [2.24, 2.45) is 0 Å². The van der Waals surface area contributed by atoms with Crippen molar-refractivity contribution in [3.8, 4) is 0 Å². The third kappa shape index (κ3) is 2.75. The van der Waals surface area contributed by atoms with Crippen molar-refractivity contribution < 1.29 is 19.4 Å². The van der Waals surface area contributed by atoms with Crippen LogP contribution in [0.4, 0.5) is 5.69 Å². The molecule has 1 saturated heterocycles. The average Bonchev–Trinajstić information content (AvgIpc) is 2.66. The number of carbonyl (C=O) groups is 2. The van der Waals surface area contributed by atoms with Gasteiger partial charge in [0.2, 0.25) is 5.91 Å². The lowest BCUT2D eigenvalue weighted by molar-refractivity contribution is -0.117. The lowest BCUT2D eigenvalue weighted by Gasteiger charge is -2.19. The fourth-order valence-electron chi connectivity index (χ4n) is 1.96. The summed E-state index contributed by atoms with van der Waals surface area (Å²) in [5.74, 6) is -0.720. The molecule has 5 nitrogen and oxygen atoms in total. The predicted octanol–water partition coefficient (Wildman–Crippen LogP) is 1.99. The monoisotopic (exact) mass is 347 g/mol. The maximum Gasteiger partial charge on any atom is 0.337 e. The molecule has 1 aliphatic heterocycles. The summed E-state index contributed by atoms with van der Waals surface area (Å²) in [4.78, 5) is 24.6. The van der Waals surface area contributed by atoms with E-state index in [-0.39, 0.29) is 29.5 Å². The van der Waals surface area contributed by atoms with E-state index in [4.69, 9.17) is 11.6 Å². The van der Waals surface area contributed by atoms with Gasteiger partial charge in [0.25, 0.3) is 0 Å². The Morgan fingerprint density at radius 3 is 2.74 bits per heavy atom. The molecular weight excluding hydrogens is 337 g/mol. The van der Waals surface area contributed by atoms with Gasteiger partial charge in [-0.15, -0.1) is 0 Å². The van der Waals surface area contributed by atoms with Gasteiger partial charge in [-0.1, -0.05) is 11.6 Å². The van der Waals surface area contributed by atoms with Gasteiger partial charge < -0.3 is 14.7 Å². The summed E-state index contributed by atoms with van der Waals surface area (Å²) in [5, 5.41) is 9.75. The largest absolute Gasteiger partial charge is 0.465 e. The Kier molecular flexibility index (Phi) is 4.13. The van der Waals surface area contributed by atoms with Gasteiger partial charge in [0, 0.05) is 4.47 Å². The van der Waals surface area contributed by atoms with Gasteiger partial charge in [-0.05, 0) is 28.1 Å². The number of anilines is 1. The first-order chi connectivity index (χ1) is 8.93. The fraction of sp³-hybridized carbons (Fsp3) is 0.333. The SMILES string of the molecule is COC(=O)c1cc(Cl)c(N2CC(O)CC2=O)c(Br)c1. The van der Waals surface area contributed by atoms with Crippen LogP contribution < -0.4 is 4.90 Å². The van der Waals surface area contributed by atoms with Crippen molar-refractivity contribution in [3.05, 3.63) is 27.2 Å². The molecule has 2 rings (SSSR count). The van der Waals surface area contributed by atoms with Gasteiger partial charge in [-0.3, -0.25) is 4.79 Å². The first kappa shape index (κ1) is 14.3. The number of β-amino-alcohol motifs (C(OH)–C–C–N with tert-alkyl or cyclic N) is 1. The Hall–Kier alpha value is -1.11.